The summed E-state index contributed by atoms with van der Waals surface area (Å²) in [6.45, 7) is 0. The molecule has 3 saturated carbocycles. The number of carbonyl (C=O) groups is 6. The predicted molar refractivity (Wildman–Crippen MR) is 188 cm³/mol. The Kier molecular flexibility index (Phi) is 7.87. The summed E-state index contributed by atoms with van der Waals surface area (Å²) in [6, 6.07) is 8.86. The molecule has 12 atom stereocenters. The number of fused-ring (bicyclic) bond motifs is 15. The number of esters is 2. The molecule has 0 radical (unpaired) electrons. The second-order valence-electron chi connectivity index (χ2n) is 15.3. The standard InChI is InChI=1S/C24H20N2O5.C9H8O3.C6H8N2O.H2O/c27-16-6-5-14(25-21(28)17-10-1-2-11(7-10)18(17)22(25)29)9-15(16)26-23(30)19-12-3-4-13(8-12)20(19)24(26)31;10-8-6-4-1-2-5(3-4)7(6)9(11)12-8;7-4-1-2-6(9)5(8)3-4;/h1-6,9-13,17-20,27H,7-8H2;1-2,4-7H,3H2;1-3,9H,7-8H2;1H2. The van der Waals surface area contributed by atoms with E-state index in [0.717, 1.165) is 24.2 Å². The molecule has 3 heterocycles. The first kappa shape index (κ1) is 34.3. The van der Waals surface area contributed by atoms with E-state index in [2.05, 4.69) is 4.74 Å². The second kappa shape index (κ2) is 12.2. The third-order valence-electron chi connectivity index (χ3n) is 12.7. The summed E-state index contributed by atoms with van der Waals surface area (Å²) < 4.78 is 4.59. The Bertz CT molecular complexity index is 2000. The first-order valence-corrected chi connectivity index (χ1v) is 17.7. The molecule has 0 spiro atoms. The fourth-order valence-corrected chi connectivity index (χ4v) is 10.4. The monoisotopic (exact) mass is 722 g/mol. The number of allylic oxidation sites excluding steroid dienone is 6. The van der Waals surface area contributed by atoms with Crippen molar-refractivity contribution in [1.29, 1.82) is 0 Å². The number of rotatable bonds is 2. The number of phenolic OH excluding ortho intramolecular Hbond substituents is 2. The van der Waals surface area contributed by atoms with Crippen molar-refractivity contribution in [2.75, 3.05) is 21.3 Å². The normalized spacial score (nSPS) is 36.7. The van der Waals surface area contributed by atoms with Gasteiger partial charge in [-0.25, -0.2) is 9.80 Å². The summed E-state index contributed by atoms with van der Waals surface area (Å²) in [5.74, 6) is -2.71. The maximum absolute atomic E-state index is 13.2. The van der Waals surface area contributed by atoms with Crippen LogP contribution in [-0.4, -0.2) is 51.3 Å². The highest BCUT2D eigenvalue weighted by Gasteiger charge is 2.62. The van der Waals surface area contributed by atoms with Crippen molar-refractivity contribution < 1.29 is 49.2 Å². The number of phenols is 2. The molecule has 6 fully saturated rings. The number of cyclic esters (lactones) is 2. The van der Waals surface area contributed by atoms with Crippen LogP contribution < -0.4 is 21.3 Å². The molecule has 3 saturated heterocycles. The van der Waals surface area contributed by atoms with Gasteiger partial charge in [0.25, 0.3) is 0 Å². The number of nitrogen functional groups attached to an aromatic ring is 2. The molecule has 2 aromatic carbocycles. The lowest BCUT2D eigenvalue weighted by Gasteiger charge is -2.22. The van der Waals surface area contributed by atoms with Gasteiger partial charge in [-0.05, 0) is 91.2 Å². The Balaban J connectivity index is 0.000000149. The van der Waals surface area contributed by atoms with Crippen molar-refractivity contribution in [3.05, 3.63) is 72.9 Å². The Morgan fingerprint density at radius 3 is 1.34 bits per heavy atom. The van der Waals surface area contributed by atoms with Gasteiger partial charge in [-0.2, -0.15) is 0 Å². The van der Waals surface area contributed by atoms with Crippen molar-refractivity contribution in [3.8, 4) is 11.5 Å². The quantitative estimate of drug-likeness (QED) is 0.0666. The fraction of sp³-hybridized carbons (Fsp3) is 0.385. The minimum atomic E-state index is -0.387. The molecular weight excluding hydrogens is 684 g/mol. The maximum atomic E-state index is 13.2. The van der Waals surface area contributed by atoms with Crippen LogP contribution in [0.15, 0.2) is 72.9 Å². The number of nitrogens with zero attached hydrogens (tertiary/aromatic N) is 2. The largest absolute Gasteiger partial charge is 0.506 e. The molecule has 9 aliphatic rings. The minimum absolute atomic E-state index is 0. The van der Waals surface area contributed by atoms with E-state index < -0.39 is 0 Å². The van der Waals surface area contributed by atoms with Crippen LogP contribution in [0.1, 0.15) is 19.3 Å². The molecule has 12 unspecified atom stereocenters. The van der Waals surface area contributed by atoms with Crippen LogP contribution >= 0.6 is 0 Å². The summed E-state index contributed by atoms with van der Waals surface area (Å²) >= 11 is 0. The summed E-state index contributed by atoms with van der Waals surface area (Å²) in [6.07, 6.45) is 14.8. The van der Waals surface area contributed by atoms with E-state index >= 15 is 0 Å². The molecule has 2 aromatic rings. The summed E-state index contributed by atoms with van der Waals surface area (Å²) in [5, 5.41) is 19.4. The van der Waals surface area contributed by atoms with Crippen molar-refractivity contribution in [2.24, 2.45) is 71.0 Å². The topological polar surface area (TPSA) is 242 Å². The van der Waals surface area contributed by atoms with E-state index in [1.54, 1.807) is 6.07 Å². The third kappa shape index (κ3) is 4.95. The molecule has 3 aliphatic heterocycles. The number of anilines is 4. The van der Waals surface area contributed by atoms with E-state index in [-0.39, 0.29) is 129 Å². The zero-order valence-corrected chi connectivity index (χ0v) is 28.3. The van der Waals surface area contributed by atoms with Crippen LogP contribution in [0.2, 0.25) is 0 Å². The molecule has 11 rings (SSSR count). The van der Waals surface area contributed by atoms with Crippen LogP contribution in [-0.2, 0) is 33.5 Å². The average molecular weight is 723 g/mol. The zero-order valence-electron chi connectivity index (χ0n) is 28.3. The van der Waals surface area contributed by atoms with E-state index in [1.807, 2.05) is 36.5 Å². The zero-order chi connectivity index (χ0) is 36.3. The van der Waals surface area contributed by atoms with Crippen molar-refractivity contribution in [1.82, 2.24) is 0 Å². The van der Waals surface area contributed by atoms with Crippen LogP contribution in [0.5, 0.6) is 11.5 Å². The molecule has 4 amide bonds. The molecule has 274 valence electrons. The van der Waals surface area contributed by atoms with E-state index in [4.69, 9.17) is 16.6 Å². The van der Waals surface area contributed by atoms with Crippen LogP contribution in [0.3, 0.4) is 0 Å². The number of imide groups is 2. The lowest BCUT2D eigenvalue weighted by molar-refractivity contribution is -0.154. The van der Waals surface area contributed by atoms with Crippen LogP contribution in [0, 0.1) is 71.0 Å². The molecular formula is C39H38N4O10. The summed E-state index contributed by atoms with van der Waals surface area (Å²) in [4.78, 5) is 77.2. The van der Waals surface area contributed by atoms with Gasteiger partial charge in [-0.15, -0.1) is 0 Å². The molecule has 14 heteroatoms. The first-order valence-electron chi connectivity index (χ1n) is 17.7. The van der Waals surface area contributed by atoms with Gasteiger partial charge >= 0.3 is 11.9 Å². The number of ether oxygens (including phenoxy) is 1. The lowest BCUT2D eigenvalue weighted by Crippen LogP contribution is -2.35. The van der Waals surface area contributed by atoms with Gasteiger partial charge in [0.15, 0.2) is 0 Å². The Labute approximate surface area is 303 Å². The van der Waals surface area contributed by atoms with E-state index in [0.29, 0.717) is 17.1 Å². The highest BCUT2D eigenvalue weighted by molar-refractivity contribution is 6.25. The number of benzene rings is 2. The van der Waals surface area contributed by atoms with Gasteiger partial charge in [0.2, 0.25) is 23.6 Å². The van der Waals surface area contributed by atoms with Gasteiger partial charge in [-0.3, -0.25) is 28.8 Å². The minimum Gasteiger partial charge on any atom is -0.506 e. The van der Waals surface area contributed by atoms with Crippen molar-refractivity contribution >= 4 is 58.3 Å². The van der Waals surface area contributed by atoms with Crippen LogP contribution in [0.25, 0.3) is 0 Å². The average Bonchev–Trinajstić information content (AvgIpc) is 3.98. The smallest absolute Gasteiger partial charge is 0.318 e. The molecule has 6 aliphatic carbocycles. The van der Waals surface area contributed by atoms with Crippen LogP contribution in [0.4, 0.5) is 22.7 Å². The van der Waals surface area contributed by atoms with Gasteiger partial charge in [0, 0.05) is 5.69 Å². The molecule has 8 N–H and O–H groups in total. The number of amides is 4. The van der Waals surface area contributed by atoms with Gasteiger partial charge in [0.05, 0.1) is 52.6 Å². The molecule has 53 heavy (non-hydrogen) atoms. The molecule has 14 nitrogen and oxygen atoms in total. The van der Waals surface area contributed by atoms with Gasteiger partial charge in [0.1, 0.15) is 11.5 Å². The number of nitrogens with two attached hydrogens (primary N) is 2. The maximum Gasteiger partial charge on any atom is 0.318 e. The van der Waals surface area contributed by atoms with Crippen molar-refractivity contribution in [3.63, 3.8) is 0 Å². The first-order chi connectivity index (χ1) is 24.9. The second-order valence-corrected chi connectivity index (χ2v) is 15.3. The number of carbonyl (C=O) groups excluding carboxylic acids is 6. The van der Waals surface area contributed by atoms with Gasteiger partial charge in [-0.1, -0.05) is 36.5 Å². The summed E-state index contributed by atoms with van der Waals surface area (Å²) in [7, 11) is 0. The highest BCUT2D eigenvalue weighted by Crippen LogP contribution is 2.56. The number of hydrogen-bond acceptors (Lipinski definition) is 11. The summed E-state index contributed by atoms with van der Waals surface area (Å²) in [5.41, 5.74) is 11.9. The van der Waals surface area contributed by atoms with Crippen molar-refractivity contribution in [2.45, 2.75) is 19.3 Å². The Morgan fingerprint density at radius 1 is 0.528 bits per heavy atom. The van der Waals surface area contributed by atoms with E-state index in [1.165, 1.54) is 35.2 Å². The third-order valence-corrected chi connectivity index (χ3v) is 12.7. The Morgan fingerprint density at radius 2 is 0.925 bits per heavy atom. The van der Waals surface area contributed by atoms with Gasteiger partial charge < -0.3 is 31.9 Å². The molecule has 6 bridgehead atoms. The predicted octanol–water partition coefficient (Wildman–Crippen LogP) is 2.26. The number of hydrogen-bond donors (Lipinski definition) is 4. The highest BCUT2D eigenvalue weighted by atomic mass is 16.6. The number of aromatic hydroxyl groups is 2. The molecule has 0 aromatic heterocycles. The fourth-order valence-electron chi connectivity index (χ4n) is 10.4. The van der Waals surface area contributed by atoms with E-state index in [9.17, 15) is 33.9 Å². The lowest BCUT2D eigenvalue weighted by atomic mass is 9.85. The Hall–Kier alpha value is -5.76. The SMILES string of the molecule is Nc1ccc(O)c(N)c1.O.O=C1C2C3C=CC(C3)C2C(=O)N1c1ccc(O)c(N2C(=O)C3C4C=CC(C4)C3C2=O)c1.O=C1OC(=O)C2C3C=CC(C3)C12.